The second-order valence-corrected chi connectivity index (χ2v) is 12.4. The fraction of sp³-hybridized carbons (Fsp3) is 0.0909. The number of benzene rings is 6. The Morgan fingerprint density at radius 2 is 1.30 bits per heavy atom. The maximum atomic E-state index is 6.55. The summed E-state index contributed by atoms with van der Waals surface area (Å²) in [5, 5.41) is 2.56. The highest BCUT2D eigenvalue weighted by Gasteiger charge is 2.37. The smallest absolute Gasteiger partial charge is 0.135 e. The van der Waals surface area contributed by atoms with Gasteiger partial charge in [-0.2, -0.15) is 0 Å². The lowest BCUT2D eigenvalue weighted by Crippen LogP contribution is -2.17. The topological polar surface area (TPSA) is 12.5 Å². The molecule has 0 aromatic heterocycles. The van der Waals surface area contributed by atoms with Crippen LogP contribution in [-0.2, 0) is 0 Å². The third kappa shape index (κ3) is 4.57. The number of hydrogen-bond donors (Lipinski definition) is 0. The zero-order valence-corrected chi connectivity index (χ0v) is 25.5. The summed E-state index contributed by atoms with van der Waals surface area (Å²) in [6.45, 7) is 0. The molecule has 0 spiro atoms. The summed E-state index contributed by atoms with van der Waals surface area (Å²) in [4.78, 5) is 2.40. The maximum absolute atomic E-state index is 6.55. The van der Waals surface area contributed by atoms with Crippen LogP contribution < -0.4 is 9.64 Å². The van der Waals surface area contributed by atoms with Crippen LogP contribution >= 0.6 is 0 Å². The van der Waals surface area contributed by atoms with Crippen molar-refractivity contribution in [2.75, 3.05) is 4.90 Å². The number of para-hydroxylation sites is 2. The normalized spacial score (nSPS) is 17.7. The predicted octanol–water partition coefficient (Wildman–Crippen LogP) is 11.7. The van der Waals surface area contributed by atoms with Gasteiger partial charge in [-0.25, -0.2) is 0 Å². The summed E-state index contributed by atoms with van der Waals surface area (Å²) < 4.78 is 6.55. The van der Waals surface area contributed by atoms with E-state index in [4.69, 9.17) is 4.74 Å². The Hall–Kier alpha value is -5.60. The van der Waals surface area contributed by atoms with Crippen LogP contribution in [0.2, 0.25) is 0 Å². The van der Waals surface area contributed by atoms with E-state index in [1.807, 2.05) is 0 Å². The number of hydrogen-bond acceptors (Lipinski definition) is 2. The number of rotatable bonds is 5. The van der Waals surface area contributed by atoms with Gasteiger partial charge >= 0.3 is 0 Å². The molecule has 0 N–H and O–H groups in total. The minimum absolute atomic E-state index is 0.0251. The minimum atomic E-state index is 0.0251. The van der Waals surface area contributed by atoms with Gasteiger partial charge in [0.25, 0.3) is 0 Å². The Kier molecular flexibility index (Phi) is 6.45. The van der Waals surface area contributed by atoms with E-state index in [0.29, 0.717) is 0 Å². The Bertz CT molecular complexity index is 2170. The highest BCUT2D eigenvalue weighted by Crippen LogP contribution is 2.51. The van der Waals surface area contributed by atoms with Crippen LogP contribution in [0.15, 0.2) is 163 Å². The summed E-state index contributed by atoms with van der Waals surface area (Å²) >= 11 is 0. The zero-order valence-electron chi connectivity index (χ0n) is 25.5. The molecule has 2 aliphatic carbocycles. The van der Waals surface area contributed by atoms with Gasteiger partial charge in [-0.05, 0) is 93.9 Å². The highest BCUT2D eigenvalue weighted by molar-refractivity contribution is 5.93. The average Bonchev–Trinajstić information content (AvgIpc) is 3.52. The van der Waals surface area contributed by atoms with Gasteiger partial charge in [-0.3, -0.25) is 0 Å². The largest absolute Gasteiger partial charge is 0.484 e. The molecule has 220 valence electrons. The predicted molar refractivity (Wildman–Crippen MR) is 191 cm³/mol. The van der Waals surface area contributed by atoms with E-state index >= 15 is 0 Å². The lowest BCUT2D eigenvalue weighted by atomic mass is 9.81. The molecule has 2 atom stereocenters. The SMILES string of the molecule is C1=CC2c3ccccc3OC2c2c1ccc1cc(C3=CC=C(N(c4ccccc4)c4ccc(-c5ccccc5)cc4)CC3)ccc21. The van der Waals surface area contributed by atoms with Crippen LogP contribution in [0.5, 0.6) is 5.75 Å². The van der Waals surface area contributed by atoms with Crippen LogP contribution in [-0.4, -0.2) is 0 Å². The van der Waals surface area contributed by atoms with Gasteiger partial charge in [0.05, 0.1) is 0 Å². The molecule has 46 heavy (non-hydrogen) atoms. The van der Waals surface area contributed by atoms with Crippen LogP contribution in [0, 0.1) is 0 Å². The first-order valence-electron chi connectivity index (χ1n) is 16.2. The summed E-state index contributed by atoms with van der Waals surface area (Å²) in [7, 11) is 0. The molecule has 3 aliphatic rings. The van der Waals surface area contributed by atoms with Crippen LogP contribution in [0.1, 0.15) is 47.1 Å². The van der Waals surface area contributed by atoms with Crippen molar-refractivity contribution < 1.29 is 4.74 Å². The Labute approximate surface area is 270 Å². The van der Waals surface area contributed by atoms with Crippen molar-refractivity contribution >= 4 is 33.8 Å². The van der Waals surface area contributed by atoms with E-state index in [2.05, 4.69) is 169 Å². The molecule has 0 saturated heterocycles. The van der Waals surface area contributed by atoms with Crippen LogP contribution in [0.25, 0.3) is 33.5 Å². The lowest BCUT2D eigenvalue weighted by molar-refractivity contribution is 0.225. The molecule has 0 amide bonds. The molecular formula is C44H33NO. The Morgan fingerprint density at radius 3 is 2.11 bits per heavy atom. The molecule has 0 fully saturated rings. The molecule has 1 aliphatic heterocycles. The number of fused-ring (bicyclic) bond motifs is 7. The summed E-state index contributed by atoms with van der Waals surface area (Å²) in [5.41, 5.74) is 12.6. The summed E-state index contributed by atoms with van der Waals surface area (Å²) in [5.74, 6) is 1.27. The zero-order chi connectivity index (χ0) is 30.5. The number of nitrogens with zero attached hydrogens (tertiary/aromatic N) is 1. The average molecular weight is 592 g/mol. The Morgan fingerprint density at radius 1 is 0.587 bits per heavy atom. The van der Waals surface area contributed by atoms with Crippen molar-refractivity contribution in [1.82, 2.24) is 0 Å². The quantitative estimate of drug-likeness (QED) is 0.198. The van der Waals surface area contributed by atoms with Crippen LogP contribution in [0.4, 0.5) is 11.4 Å². The van der Waals surface area contributed by atoms with E-state index in [9.17, 15) is 0 Å². The fourth-order valence-corrected chi connectivity index (χ4v) is 7.46. The molecule has 0 bridgehead atoms. The molecule has 9 rings (SSSR count). The second kappa shape index (κ2) is 11.1. The van der Waals surface area contributed by atoms with E-state index in [1.54, 1.807) is 0 Å². The van der Waals surface area contributed by atoms with Crippen molar-refractivity contribution in [2.24, 2.45) is 0 Å². The highest BCUT2D eigenvalue weighted by atomic mass is 16.5. The van der Waals surface area contributed by atoms with Crippen molar-refractivity contribution in [3.8, 4) is 16.9 Å². The van der Waals surface area contributed by atoms with Gasteiger partial charge in [-0.1, -0.05) is 121 Å². The third-order valence-corrected chi connectivity index (χ3v) is 9.75. The fourth-order valence-electron chi connectivity index (χ4n) is 7.46. The first-order valence-corrected chi connectivity index (χ1v) is 16.2. The molecule has 2 unspecified atom stereocenters. The van der Waals surface area contributed by atoms with E-state index in [0.717, 1.165) is 18.6 Å². The van der Waals surface area contributed by atoms with Gasteiger partial charge in [-0.15, -0.1) is 0 Å². The molecule has 6 aromatic carbocycles. The Balaban J connectivity index is 1.04. The molecule has 2 nitrogen and oxygen atoms in total. The number of allylic oxidation sites excluding steroid dienone is 4. The molecule has 0 radical (unpaired) electrons. The van der Waals surface area contributed by atoms with Crippen LogP contribution in [0.3, 0.4) is 0 Å². The number of ether oxygens (including phenoxy) is 1. The molecule has 0 saturated carbocycles. The van der Waals surface area contributed by atoms with Crippen molar-refractivity contribution in [2.45, 2.75) is 24.9 Å². The molecule has 1 heterocycles. The summed E-state index contributed by atoms with van der Waals surface area (Å²) in [6, 6.07) is 50.2. The van der Waals surface area contributed by atoms with E-state index in [-0.39, 0.29) is 12.0 Å². The molecular weight excluding hydrogens is 558 g/mol. The van der Waals surface area contributed by atoms with Crippen molar-refractivity contribution in [1.29, 1.82) is 0 Å². The van der Waals surface area contributed by atoms with Gasteiger partial charge in [0.1, 0.15) is 11.9 Å². The number of anilines is 2. The standard InChI is InChI=1S/C44H33NO/c1-3-9-30(10-4-1)31-17-23-37(24-18-31)45(36-11-5-2-6-12-36)38-25-19-32(20-26-38)34-22-27-39-35(29-34)16-15-33-21-28-41-40-13-7-8-14-42(40)46-44(41)43(33)39/h1-19,21-25,27-29,41,44H,20,26H2. The summed E-state index contributed by atoms with van der Waals surface area (Å²) in [6.07, 6.45) is 11.2. The van der Waals surface area contributed by atoms with Gasteiger partial charge < -0.3 is 9.64 Å². The monoisotopic (exact) mass is 591 g/mol. The first-order chi connectivity index (χ1) is 22.8. The van der Waals surface area contributed by atoms with Gasteiger partial charge in [0.2, 0.25) is 0 Å². The minimum Gasteiger partial charge on any atom is -0.484 e. The molecule has 6 aromatic rings. The van der Waals surface area contributed by atoms with E-state index in [1.165, 1.54) is 66.8 Å². The van der Waals surface area contributed by atoms with Crippen molar-refractivity contribution in [3.63, 3.8) is 0 Å². The van der Waals surface area contributed by atoms with Gasteiger partial charge in [0.15, 0.2) is 0 Å². The van der Waals surface area contributed by atoms with Crippen molar-refractivity contribution in [3.05, 3.63) is 186 Å². The lowest BCUT2D eigenvalue weighted by Gasteiger charge is -2.30. The van der Waals surface area contributed by atoms with Gasteiger partial charge in [0, 0.05) is 34.1 Å². The molecule has 2 heteroatoms. The maximum Gasteiger partial charge on any atom is 0.135 e. The first kappa shape index (κ1) is 26.8. The third-order valence-electron chi connectivity index (χ3n) is 9.75. The van der Waals surface area contributed by atoms with E-state index < -0.39 is 0 Å². The second-order valence-electron chi connectivity index (χ2n) is 12.4.